The van der Waals surface area contributed by atoms with Crippen LogP contribution in [0, 0.1) is 5.92 Å². The Hall–Kier alpha value is -2.04. The third-order valence-corrected chi connectivity index (χ3v) is 5.08. The van der Waals surface area contributed by atoms with Gasteiger partial charge in [-0.1, -0.05) is 41.9 Å². The summed E-state index contributed by atoms with van der Waals surface area (Å²) >= 11 is 6.13. The Morgan fingerprint density at radius 1 is 1.25 bits per heavy atom. The second kappa shape index (κ2) is 6.11. The molecule has 4 nitrogen and oxygen atoms in total. The number of amides is 1. The fraction of sp³-hybridized carbons (Fsp3) is 0.316. The number of hydrogen-bond acceptors (Lipinski definition) is 3. The first kappa shape index (κ1) is 15.5. The Morgan fingerprint density at radius 2 is 2.04 bits per heavy atom. The fourth-order valence-electron chi connectivity index (χ4n) is 3.71. The molecule has 1 N–H and O–H groups in total. The highest BCUT2D eigenvalue weighted by Gasteiger charge is 2.50. The topological polar surface area (TPSA) is 49.8 Å². The summed E-state index contributed by atoms with van der Waals surface area (Å²) in [5.41, 5.74) is 1.92. The molecule has 1 saturated heterocycles. The van der Waals surface area contributed by atoms with Crippen molar-refractivity contribution < 1.29 is 14.6 Å². The fourth-order valence-corrected chi connectivity index (χ4v) is 3.89. The molecule has 0 spiro atoms. The molecule has 2 aliphatic heterocycles. The number of fused-ring (bicyclic) bond motifs is 3. The number of halogens is 1. The SMILES string of the molecule is O=C(Cc1ccccc1)N1C[C@@H](CO)[C@@H]2Oc3ccc(Cl)cc3[C@@H]21. The molecule has 1 fully saturated rings. The van der Waals surface area contributed by atoms with Gasteiger partial charge in [-0.05, 0) is 23.8 Å². The van der Waals surface area contributed by atoms with Crippen molar-refractivity contribution in [1.82, 2.24) is 4.90 Å². The van der Waals surface area contributed by atoms with Crippen LogP contribution < -0.4 is 4.74 Å². The second-order valence-electron chi connectivity index (χ2n) is 6.36. The molecule has 2 aromatic rings. The van der Waals surface area contributed by atoms with Crippen molar-refractivity contribution >= 4 is 17.5 Å². The number of aliphatic hydroxyl groups excluding tert-OH is 1. The average Bonchev–Trinajstić information content (AvgIpc) is 3.12. The molecule has 2 aromatic carbocycles. The van der Waals surface area contributed by atoms with E-state index < -0.39 is 0 Å². The maximum Gasteiger partial charge on any atom is 0.227 e. The third kappa shape index (κ3) is 2.56. The summed E-state index contributed by atoms with van der Waals surface area (Å²) < 4.78 is 6.01. The highest BCUT2D eigenvalue weighted by atomic mass is 35.5. The number of aliphatic hydroxyl groups is 1. The van der Waals surface area contributed by atoms with Crippen LogP contribution in [0.25, 0.3) is 0 Å². The number of ether oxygens (including phenoxy) is 1. The molecule has 0 bridgehead atoms. The molecule has 1 amide bonds. The molecule has 0 aliphatic carbocycles. The number of carbonyl (C=O) groups excluding carboxylic acids is 1. The third-order valence-electron chi connectivity index (χ3n) is 4.85. The molecule has 24 heavy (non-hydrogen) atoms. The zero-order valence-corrected chi connectivity index (χ0v) is 13.8. The number of nitrogens with zero attached hydrogens (tertiary/aromatic N) is 1. The van der Waals surface area contributed by atoms with E-state index >= 15 is 0 Å². The minimum absolute atomic E-state index is 0.00198. The van der Waals surface area contributed by atoms with Crippen molar-refractivity contribution in [3.8, 4) is 5.75 Å². The number of likely N-dealkylation sites (tertiary alicyclic amines) is 1. The van der Waals surface area contributed by atoms with Crippen LogP contribution in [-0.2, 0) is 11.2 Å². The summed E-state index contributed by atoms with van der Waals surface area (Å²) in [6.45, 7) is 0.501. The minimum Gasteiger partial charge on any atom is -0.487 e. The molecule has 2 heterocycles. The Bertz CT molecular complexity index is 764. The van der Waals surface area contributed by atoms with Gasteiger partial charge in [-0.25, -0.2) is 0 Å². The highest BCUT2D eigenvalue weighted by molar-refractivity contribution is 6.30. The van der Waals surface area contributed by atoms with E-state index in [0.717, 1.165) is 16.9 Å². The molecule has 0 radical (unpaired) electrons. The van der Waals surface area contributed by atoms with E-state index in [1.165, 1.54) is 0 Å². The molecule has 3 atom stereocenters. The lowest BCUT2D eigenvalue weighted by Crippen LogP contribution is -2.33. The largest absolute Gasteiger partial charge is 0.487 e. The van der Waals surface area contributed by atoms with Crippen LogP contribution in [-0.4, -0.2) is 35.2 Å². The summed E-state index contributed by atoms with van der Waals surface area (Å²) in [4.78, 5) is 14.7. The lowest BCUT2D eigenvalue weighted by Gasteiger charge is -2.23. The van der Waals surface area contributed by atoms with E-state index in [0.29, 0.717) is 18.0 Å². The molecule has 0 saturated carbocycles. The van der Waals surface area contributed by atoms with Crippen LogP contribution in [0.4, 0.5) is 0 Å². The van der Waals surface area contributed by atoms with Gasteiger partial charge in [0.1, 0.15) is 11.9 Å². The van der Waals surface area contributed by atoms with E-state index in [2.05, 4.69) is 0 Å². The van der Waals surface area contributed by atoms with Crippen molar-refractivity contribution in [2.24, 2.45) is 5.92 Å². The van der Waals surface area contributed by atoms with Crippen LogP contribution in [0.2, 0.25) is 5.02 Å². The molecular formula is C19H18ClNO3. The van der Waals surface area contributed by atoms with Gasteiger partial charge in [0.15, 0.2) is 0 Å². The van der Waals surface area contributed by atoms with Crippen LogP contribution in [0.3, 0.4) is 0 Å². The van der Waals surface area contributed by atoms with E-state index in [9.17, 15) is 9.90 Å². The zero-order chi connectivity index (χ0) is 16.7. The van der Waals surface area contributed by atoms with Crippen molar-refractivity contribution in [1.29, 1.82) is 0 Å². The van der Waals surface area contributed by atoms with Gasteiger partial charge in [-0.15, -0.1) is 0 Å². The van der Waals surface area contributed by atoms with Crippen LogP contribution in [0.15, 0.2) is 48.5 Å². The molecule has 0 aromatic heterocycles. The van der Waals surface area contributed by atoms with E-state index in [-0.39, 0.29) is 30.6 Å². The normalized spacial score (nSPS) is 24.4. The summed E-state index contributed by atoms with van der Waals surface area (Å²) in [7, 11) is 0. The van der Waals surface area contributed by atoms with Gasteiger partial charge >= 0.3 is 0 Å². The Morgan fingerprint density at radius 3 is 2.79 bits per heavy atom. The predicted molar refractivity (Wildman–Crippen MR) is 91.0 cm³/mol. The predicted octanol–water partition coefficient (Wildman–Crippen LogP) is 2.84. The summed E-state index contributed by atoms with van der Waals surface area (Å²) in [6.07, 6.45) is 0.140. The number of carbonyl (C=O) groups is 1. The Balaban J connectivity index is 1.64. The number of benzene rings is 2. The Kier molecular flexibility index (Phi) is 3.94. The van der Waals surface area contributed by atoms with Gasteiger partial charge in [-0.2, -0.15) is 0 Å². The first-order valence-electron chi connectivity index (χ1n) is 8.07. The van der Waals surface area contributed by atoms with Gasteiger partial charge in [0, 0.05) is 23.0 Å². The molecular weight excluding hydrogens is 326 g/mol. The molecule has 2 aliphatic rings. The highest BCUT2D eigenvalue weighted by Crippen LogP contribution is 2.48. The maximum atomic E-state index is 12.9. The monoisotopic (exact) mass is 343 g/mol. The summed E-state index contributed by atoms with van der Waals surface area (Å²) in [5.74, 6) is 0.717. The van der Waals surface area contributed by atoms with Crippen LogP contribution in [0.5, 0.6) is 5.75 Å². The molecule has 4 rings (SSSR count). The zero-order valence-electron chi connectivity index (χ0n) is 13.1. The van der Waals surface area contributed by atoms with E-state index in [1.807, 2.05) is 47.4 Å². The summed E-state index contributed by atoms with van der Waals surface area (Å²) in [6, 6.07) is 15.0. The van der Waals surface area contributed by atoms with E-state index in [1.54, 1.807) is 6.07 Å². The first-order valence-corrected chi connectivity index (χ1v) is 8.45. The quantitative estimate of drug-likeness (QED) is 0.932. The van der Waals surface area contributed by atoms with Gasteiger partial charge < -0.3 is 14.7 Å². The van der Waals surface area contributed by atoms with Gasteiger partial charge in [0.05, 0.1) is 19.1 Å². The minimum atomic E-state index is -0.205. The number of rotatable bonds is 3. The van der Waals surface area contributed by atoms with Crippen molar-refractivity contribution in [2.45, 2.75) is 18.6 Å². The molecule has 0 unspecified atom stereocenters. The lowest BCUT2D eigenvalue weighted by atomic mass is 9.99. The number of hydrogen-bond donors (Lipinski definition) is 1. The average molecular weight is 344 g/mol. The van der Waals surface area contributed by atoms with Gasteiger partial charge in [0.25, 0.3) is 0 Å². The second-order valence-corrected chi connectivity index (χ2v) is 6.80. The standard InChI is InChI=1S/C19H18ClNO3/c20-14-6-7-16-15(9-14)18-19(24-16)13(11-22)10-21(18)17(23)8-12-4-2-1-3-5-12/h1-7,9,13,18-19,22H,8,10-11H2/t13-,18-,19-/m0/s1. The van der Waals surface area contributed by atoms with Crippen molar-refractivity contribution in [3.63, 3.8) is 0 Å². The molecule has 5 heteroatoms. The molecule has 124 valence electrons. The van der Waals surface area contributed by atoms with Gasteiger partial charge in [-0.3, -0.25) is 4.79 Å². The first-order chi connectivity index (χ1) is 11.7. The summed E-state index contributed by atoms with van der Waals surface area (Å²) in [5, 5.41) is 10.3. The van der Waals surface area contributed by atoms with Gasteiger partial charge in [0.2, 0.25) is 5.91 Å². The van der Waals surface area contributed by atoms with Crippen LogP contribution in [0.1, 0.15) is 17.2 Å². The van der Waals surface area contributed by atoms with Crippen molar-refractivity contribution in [2.75, 3.05) is 13.2 Å². The van der Waals surface area contributed by atoms with E-state index in [4.69, 9.17) is 16.3 Å². The van der Waals surface area contributed by atoms with Crippen molar-refractivity contribution in [3.05, 3.63) is 64.7 Å². The van der Waals surface area contributed by atoms with Crippen LogP contribution >= 0.6 is 11.6 Å². The Labute approximate surface area is 145 Å². The maximum absolute atomic E-state index is 12.9. The smallest absolute Gasteiger partial charge is 0.227 e. The lowest BCUT2D eigenvalue weighted by molar-refractivity contribution is -0.131.